The molecule has 166 valence electrons. The Hall–Kier alpha value is -2.44. The average Bonchev–Trinajstić information content (AvgIpc) is 3.26. The number of hydrogen-bond donors (Lipinski definition) is 0. The highest BCUT2D eigenvalue weighted by atomic mass is 32.1. The number of benzene rings is 2. The van der Waals surface area contributed by atoms with E-state index in [1.165, 1.54) is 15.8 Å². The monoisotopic (exact) mass is 439 g/mol. The van der Waals surface area contributed by atoms with Gasteiger partial charge in [0.1, 0.15) is 0 Å². The van der Waals surface area contributed by atoms with Gasteiger partial charge in [0.05, 0.1) is 13.7 Å². The van der Waals surface area contributed by atoms with E-state index in [4.69, 9.17) is 9.47 Å². The van der Waals surface area contributed by atoms with Crippen LogP contribution in [0.25, 0.3) is 10.1 Å². The smallest absolute Gasteiger partial charge is 0.164 e. The van der Waals surface area contributed by atoms with E-state index in [9.17, 15) is 0 Å². The van der Waals surface area contributed by atoms with Crippen LogP contribution < -0.4 is 19.3 Å². The van der Waals surface area contributed by atoms with Crippen LogP contribution in [-0.4, -0.2) is 65.4 Å². The lowest BCUT2D eigenvalue weighted by atomic mass is 10.1. The third-order valence-electron chi connectivity index (χ3n) is 6.01. The van der Waals surface area contributed by atoms with Gasteiger partial charge in [0, 0.05) is 74.3 Å². The molecule has 2 heterocycles. The lowest BCUT2D eigenvalue weighted by molar-refractivity contribution is 0.221. The molecule has 0 aliphatic carbocycles. The third kappa shape index (κ3) is 4.91. The first-order valence-corrected chi connectivity index (χ1v) is 11.9. The standard InChI is InChI=1S/C25H33N3O2S/c1-19-17-20(26(2)3)18-23(29-4)25(19)30-15-6-10-27-11-13-28(14-12-27)22-7-5-8-24-21(22)9-16-31-24/h5,7-9,16-18H,6,10-15H2,1-4H3. The summed E-state index contributed by atoms with van der Waals surface area (Å²) in [6.07, 6.45) is 1.01. The van der Waals surface area contributed by atoms with Gasteiger partial charge >= 0.3 is 0 Å². The molecule has 0 unspecified atom stereocenters. The number of anilines is 2. The normalized spacial score (nSPS) is 14.8. The van der Waals surface area contributed by atoms with Crippen molar-refractivity contribution in [2.45, 2.75) is 13.3 Å². The molecule has 1 fully saturated rings. The fourth-order valence-corrected chi connectivity index (χ4v) is 5.05. The van der Waals surface area contributed by atoms with E-state index in [0.717, 1.165) is 61.9 Å². The zero-order valence-corrected chi connectivity index (χ0v) is 19.9. The van der Waals surface area contributed by atoms with Gasteiger partial charge in [-0.15, -0.1) is 11.3 Å². The number of hydrogen-bond acceptors (Lipinski definition) is 6. The summed E-state index contributed by atoms with van der Waals surface area (Å²) in [6.45, 7) is 8.20. The third-order valence-corrected chi connectivity index (χ3v) is 6.89. The molecule has 1 aliphatic heterocycles. The number of rotatable bonds is 8. The van der Waals surface area contributed by atoms with Gasteiger partial charge in [-0.1, -0.05) is 6.07 Å². The Morgan fingerprint density at radius 3 is 2.61 bits per heavy atom. The van der Waals surface area contributed by atoms with E-state index in [1.807, 2.05) is 31.5 Å². The number of nitrogens with zero attached hydrogens (tertiary/aromatic N) is 3. The number of thiophene rings is 1. The van der Waals surface area contributed by atoms with Gasteiger partial charge in [-0.05, 0) is 48.6 Å². The molecule has 4 rings (SSSR count). The summed E-state index contributed by atoms with van der Waals surface area (Å²) in [5, 5.41) is 3.58. The van der Waals surface area contributed by atoms with Crippen molar-refractivity contribution in [1.82, 2.24) is 4.90 Å². The molecule has 31 heavy (non-hydrogen) atoms. The van der Waals surface area contributed by atoms with Crippen LogP contribution in [-0.2, 0) is 0 Å². The Morgan fingerprint density at radius 2 is 1.87 bits per heavy atom. The lowest BCUT2D eigenvalue weighted by Crippen LogP contribution is -2.46. The van der Waals surface area contributed by atoms with E-state index in [1.54, 1.807) is 7.11 Å². The van der Waals surface area contributed by atoms with E-state index < -0.39 is 0 Å². The summed E-state index contributed by atoms with van der Waals surface area (Å²) in [7, 11) is 5.78. The second-order valence-electron chi connectivity index (χ2n) is 8.33. The first-order valence-electron chi connectivity index (χ1n) is 11.0. The molecule has 0 spiro atoms. The van der Waals surface area contributed by atoms with Crippen LogP contribution in [0.2, 0.25) is 0 Å². The predicted molar refractivity (Wildman–Crippen MR) is 133 cm³/mol. The van der Waals surface area contributed by atoms with Crippen molar-refractivity contribution in [3.8, 4) is 11.5 Å². The Bertz CT molecular complexity index is 1010. The molecular formula is C25H33N3O2S. The Morgan fingerprint density at radius 1 is 1.06 bits per heavy atom. The van der Waals surface area contributed by atoms with Gasteiger partial charge in [-0.2, -0.15) is 0 Å². The SMILES string of the molecule is COc1cc(N(C)C)cc(C)c1OCCCN1CCN(c2cccc3sccc23)CC1. The number of fused-ring (bicyclic) bond motifs is 1. The summed E-state index contributed by atoms with van der Waals surface area (Å²) < 4.78 is 13.1. The van der Waals surface area contributed by atoms with Crippen molar-refractivity contribution in [2.24, 2.45) is 0 Å². The van der Waals surface area contributed by atoms with Crippen molar-refractivity contribution in [3.63, 3.8) is 0 Å². The Balaban J connectivity index is 1.26. The minimum Gasteiger partial charge on any atom is -0.493 e. The first-order chi connectivity index (χ1) is 15.1. The van der Waals surface area contributed by atoms with E-state index >= 15 is 0 Å². The summed E-state index contributed by atoms with van der Waals surface area (Å²) in [5.41, 5.74) is 3.61. The maximum Gasteiger partial charge on any atom is 0.164 e. The molecule has 0 radical (unpaired) electrons. The highest BCUT2D eigenvalue weighted by molar-refractivity contribution is 7.17. The van der Waals surface area contributed by atoms with E-state index in [-0.39, 0.29) is 0 Å². The fraction of sp³-hybridized carbons (Fsp3) is 0.440. The molecule has 6 heteroatoms. The maximum absolute atomic E-state index is 6.13. The van der Waals surface area contributed by atoms with Crippen molar-refractivity contribution in [3.05, 3.63) is 47.3 Å². The minimum atomic E-state index is 0.701. The van der Waals surface area contributed by atoms with Crippen LogP contribution in [0.5, 0.6) is 11.5 Å². The second kappa shape index (κ2) is 9.79. The lowest BCUT2D eigenvalue weighted by Gasteiger charge is -2.36. The summed E-state index contributed by atoms with van der Waals surface area (Å²) in [4.78, 5) is 7.16. The Kier molecular flexibility index (Phi) is 6.88. The van der Waals surface area contributed by atoms with Gasteiger partial charge in [-0.25, -0.2) is 0 Å². The quantitative estimate of drug-likeness (QED) is 0.467. The van der Waals surface area contributed by atoms with Crippen LogP contribution >= 0.6 is 11.3 Å². The average molecular weight is 440 g/mol. The zero-order valence-electron chi connectivity index (χ0n) is 19.1. The molecule has 0 bridgehead atoms. The molecule has 0 amide bonds. The molecule has 0 saturated carbocycles. The summed E-state index contributed by atoms with van der Waals surface area (Å²) in [5.74, 6) is 1.67. The first kappa shape index (κ1) is 21.8. The molecule has 1 aliphatic rings. The molecule has 1 aromatic heterocycles. The van der Waals surface area contributed by atoms with E-state index in [0.29, 0.717) is 6.61 Å². The molecule has 0 N–H and O–H groups in total. The van der Waals surface area contributed by atoms with Crippen LogP contribution in [0.3, 0.4) is 0 Å². The zero-order chi connectivity index (χ0) is 21.8. The van der Waals surface area contributed by atoms with Gasteiger partial charge in [-0.3, -0.25) is 4.90 Å². The van der Waals surface area contributed by atoms with Crippen LogP contribution in [0, 0.1) is 6.92 Å². The fourth-order valence-electron chi connectivity index (χ4n) is 4.25. The van der Waals surface area contributed by atoms with Crippen molar-refractivity contribution >= 4 is 32.8 Å². The topological polar surface area (TPSA) is 28.2 Å². The van der Waals surface area contributed by atoms with Crippen LogP contribution in [0.1, 0.15) is 12.0 Å². The Labute approximate surface area is 189 Å². The molecular weight excluding hydrogens is 406 g/mol. The predicted octanol–water partition coefficient (Wildman–Crippen LogP) is 4.88. The van der Waals surface area contributed by atoms with Gasteiger partial charge in [0.25, 0.3) is 0 Å². The molecule has 5 nitrogen and oxygen atoms in total. The minimum absolute atomic E-state index is 0.701. The number of methoxy groups -OCH3 is 1. The van der Waals surface area contributed by atoms with Crippen molar-refractivity contribution in [2.75, 3.05) is 70.3 Å². The number of aryl methyl sites for hydroxylation is 1. The highest BCUT2D eigenvalue weighted by Crippen LogP contribution is 2.35. The highest BCUT2D eigenvalue weighted by Gasteiger charge is 2.19. The van der Waals surface area contributed by atoms with Crippen molar-refractivity contribution in [1.29, 1.82) is 0 Å². The van der Waals surface area contributed by atoms with E-state index in [2.05, 4.69) is 57.3 Å². The van der Waals surface area contributed by atoms with Gasteiger partial charge in [0.2, 0.25) is 0 Å². The molecule has 0 atom stereocenters. The molecule has 3 aromatic rings. The molecule has 1 saturated heterocycles. The van der Waals surface area contributed by atoms with Gasteiger partial charge in [0.15, 0.2) is 11.5 Å². The number of piperazine rings is 1. The summed E-state index contributed by atoms with van der Waals surface area (Å²) >= 11 is 1.82. The number of ether oxygens (including phenoxy) is 2. The van der Waals surface area contributed by atoms with Crippen molar-refractivity contribution < 1.29 is 9.47 Å². The van der Waals surface area contributed by atoms with Crippen LogP contribution in [0.15, 0.2) is 41.8 Å². The van der Waals surface area contributed by atoms with Crippen LogP contribution in [0.4, 0.5) is 11.4 Å². The molecule has 2 aromatic carbocycles. The summed E-state index contributed by atoms with van der Waals surface area (Å²) in [6, 6.07) is 13.1. The van der Waals surface area contributed by atoms with Gasteiger partial charge < -0.3 is 19.3 Å². The maximum atomic E-state index is 6.13. The second-order valence-corrected chi connectivity index (χ2v) is 9.28. The largest absolute Gasteiger partial charge is 0.493 e.